The van der Waals surface area contributed by atoms with Gasteiger partial charge >= 0.3 is 12.1 Å². The van der Waals surface area contributed by atoms with E-state index in [4.69, 9.17) is 4.74 Å². The summed E-state index contributed by atoms with van der Waals surface area (Å²) in [6.07, 6.45) is 2.34. The van der Waals surface area contributed by atoms with E-state index in [1.165, 1.54) is 0 Å². The molecular weight excluding hydrogens is 432 g/mol. The van der Waals surface area contributed by atoms with Crippen molar-refractivity contribution in [1.82, 2.24) is 10.6 Å². The van der Waals surface area contributed by atoms with Crippen molar-refractivity contribution in [2.24, 2.45) is 11.3 Å². The molecule has 2 aromatic carbocycles. The molecule has 2 amide bonds. The molecule has 1 saturated carbocycles. The van der Waals surface area contributed by atoms with Crippen molar-refractivity contribution >= 4 is 18.0 Å². The quantitative estimate of drug-likeness (QED) is 0.540. The Bertz CT molecular complexity index is 1010. The summed E-state index contributed by atoms with van der Waals surface area (Å²) in [6, 6.07) is 16.3. The number of hydrogen-bond acceptors (Lipinski definition) is 4. The molecule has 34 heavy (non-hydrogen) atoms. The largest absolute Gasteiger partial charge is 0.481 e. The Kier molecular flexibility index (Phi) is 7.20. The van der Waals surface area contributed by atoms with E-state index in [0.29, 0.717) is 18.8 Å². The molecule has 0 atom stereocenters. The number of aliphatic carboxylic acids is 1. The standard InChI is InChI=1S/C27H32N2O5/c1-18-10-13-27(14-11-18,25(31)32)17-29-24(30)12-15-28-26(33)34-16-23-21-8-4-2-6-19(21)20-7-3-5-9-22(20)23/h2-9,18,23H,10-17H2,1H3,(H,28,33)(H,29,30)(H,31,32). The van der Waals surface area contributed by atoms with Crippen LogP contribution < -0.4 is 10.6 Å². The van der Waals surface area contributed by atoms with Gasteiger partial charge in [0.15, 0.2) is 0 Å². The molecular formula is C27H32N2O5. The summed E-state index contributed by atoms with van der Waals surface area (Å²) >= 11 is 0. The molecule has 3 N–H and O–H groups in total. The van der Waals surface area contributed by atoms with Gasteiger partial charge in [-0.1, -0.05) is 55.5 Å². The molecule has 2 aliphatic carbocycles. The molecule has 0 aromatic heterocycles. The molecule has 180 valence electrons. The molecule has 7 heteroatoms. The Morgan fingerprint density at radius 1 is 0.971 bits per heavy atom. The zero-order chi connectivity index (χ0) is 24.1. The molecule has 0 spiro atoms. The van der Waals surface area contributed by atoms with Crippen molar-refractivity contribution in [3.63, 3.8) is 0 Å². The summed E-state index contributed by atoms with van der Waals surface area (Å²) in [7, 11) is 0. The third-order valence-corrected chi connectivity index (χ3v) is 7.27. The van der Waals surface area contributed by atoms with Crippen LogP contribution in [-0.2, 0) is 14.3 Å². The van der Waals surface area contributed by atoms with Crippen molar-refractivity contribution < 1.29 is 24.2 Å². The van der Waals surface area contributed by atoms with Gasteiger partial charge in [-0.2, -0.15) is 0 Å². The summed E-state index contributed by atoms with van der Waals surface area (Å²) in [5, 5.41) is 15.1. The van der Waals surface area contributed by atoms with E-state index in [9.17, 15) is 19.5 Å². The smallest absolute Gasteiger partial charge is 0.407 e. The third kappa shape index (κ3) is 5.08. The van der Waals surface area contributed by atoms with Crippen LogP contribution in [0.3, 0.4) is 0 Å². The monoisotopic (exact) mass is 464 g/mol. The highest BCUT2D eigenvalue weighted by atomic mass is 16.5. The molecule has 0 bridgehead atoms. The van der Waals surface area contributed by atoms with Gasteiger partial charge in [0.25, 0.3) is 0 Å². The van der Waals surface area contributed by atoms with Crippen LogP contribution in [0, 0.1) is 11.3 Å². The van der Waals surface area contributed by atoms with Gasteiger partial charge in [0.05, 0.1) is 5.41 Å². The minimum atomic E-state index is -0.887. The summed E-state index contributed by atoms with van der Waals surface area (Å²) in [5.41, 5.74) is 3.72. The molecule has 0 unspecified atom stereocenters. The van der Waals surface area contributed by atoms with Crippen LogP contribution in [0.4, 0.5) is 4.79 Å². The van der Waals surface area contributed by atoms with E-state index in [2.05, 4.69) is 41.8 Å². The van der Waals surface area contributed by atoms with E-state index in [0.717, 1.165) is 35.1 Å². The highest BCUT2D eigenvalue weighted by Gasteiger charge is 2.41. The van der Waals surface area contributed by atoms with Gasteiger partial charge in [-0.15, -0.1) is 0 Å². The number of carboxylic acid groups (broad SMARTS) is 1. The predicted octanol–water partition coefficient (Wildman–Crippen LogP) is 4.31. The van der Waals surface area contributed by atoms with E-state index in [-0.39, 0.29) is 37.9 Å². The Morgan fingerprint density at radius 3 is 2.15 bits per heavy atom. The van der Waals surface area contributed by atoms with Crippen molar-refractivity contribution in [1.29, 1.82) is 0 Å². The number of fused-ring (bicyclic) bond motifs is 3. The van der Waals surface area contributed by atoms with Gasteiger partial charge in [0, 0.05) is 25.4 Å². The van der Waals surface area contributed by atoms with Crippen LogP contribution in [0.1, 0.15) is 56.1 Å². The second-order valence-corrected chi connectivity index (χ2v) is 9.55. The van der Waals surface area contributed by atoms with E-state index >= 15 is 0 Å². The first-order valence-corrected chi connectivity index (χ1v) is 12.0. The van der Waals surface area contributed by atoms with Crippen molar-refractivity contribution in [3.8, 4) is 11.1 Å². The minimum absolute atomic E-state index is 0.0214. The van der Waals surface area contributed by atoms with Crippen LogP contribution in [0.2, 0.25) is 0 Å². The Labute approximate surface area is 199 Å². The van der Waals surface area contributed by atoms with E-state index in [1.54, 1.807) is 0 Å². The highest BCUT2D eigenvalue weighted by Crippen LogP contribution is 2.44. The van der Waals surface area contributed by atoms with E-state index < -0.39 is 17.5 Å². The summed E-state index contributed by atoms with van der Waals surface area (Å²) in [5.74, 6) is -0.633. The van der Waals surface area contributed by atoms with Crippen molar-refractivity contribution in [2.75, 3.05) is 19.7 Å². The van der Waals surface area contributed by atoms with Crippen molar-refractivity contribution in [3.05, 3.63) is 59.7 Å². The number of carbonyl (C=O) groups excluding carboxylic acids is 2. The molecule has 4 rings (SSSR count). The molecule has 1 fully saturated rings. The first-order valence-electron chi connectivity index (χ1n) is 12.0. The van der Waals surface area contributed by atoms with Crippen LogP contribution in [-0.4, -0.2) is 42.8 Å². The lowest BCUT2D eigenvalue weighted by Crippen LogP contribution is -2.45. The number of hydrogen-bond donors (Lipinski definition) is 3. The molecule has 2 aromatic rings. The maximum absolute atomic E-state index is 12.2. The maximum Gasteiger partial charge on any atom is 0.407 e. The zero-order valence-electron chi connectivity index (χ0n) is 19.5. The summed E-state index contributed by atoms with van der Waals surface area (Å²) in [6.45, 7) is 2.59. The number of alkyl carbamates (subject to hydrolysis) is 1. The summed E-state index contributed by atoms with van der Waals surface area (Å²) in [4.78, 5) is 36.3. The number of benzene rings is 2. The third-order valence-electron chi connectivity index (χ3n) is 7.27. The van der Waals surface area contributed by atoms with Crippen molar-refractivity contribution in [2.45, 2.75) is 44.9 Å². The number of nitrogens with one attached hydrogen (secondary N) is 2. The maximum atomic E-state index is 12.2. The van der Waals surface area contributed by atoms with Gasteiger partial charge in [-0.05, 0) is 53.9 Å². The van der Waals surface area contributed by atoms with Gasteiger partial charge < -0.3 is 20.5 Å². The fourth-order valence-corrected chi connectivity index (χ4v) is 5.06. The van der Waals surface area contributed by atoms with Gasteiger partial charge in [0.1, 0.15) is 6.61 Å². The second-order valence-electron chi connectivity index (χ2n) is 9.55. The first kappa shape index (κ1) is 23.8. The minimum Gasteiger partial charge on any atom is -0.481 e. The molecule has 2 aliphatic rings. The number of carbonyl (C=O) groups is 3. The first-order chi connectivity index (χ1) is 16.4. The van der Waals surface area contributed by atoms with Crippen LogP contribution in [0.15, 0.2) is 48.5 Å². The highest BCUT2D eigenvalue weighted by molar-refractivity contribution is 5.80. The molecule has 0 heterocycles. The van der Waals surface area contributed by atoms with Gasteiger partial charge in [-0.25, -0.2) is 4.79 Å². The summed E-state index contributed by atoms with van der Waals surface area (Å²) < 4.78 is 5.47. The lowest BCUT2D eigenvalue weighted by molar-refractivity contribution is -0.151. The lowest BCUT2D eigenvalue weighted by Gasteiger charge is -2.35. The average Bonchev–Trinajstić information content (AvgIpc) is 3.16. The van der Waals surface area contributed by atoms with Gasteiger partial charge in [-0.3, -0.25) is 9.59 Å². The number of amides is 2. The second kappa shape index (κ2) is 10.3. The molecule has 0 radical (unpaired) electrons. The SMILES string of the molecule is CC1CCC(CNC(=O)CCNC(=O)OCC2c3ccccc3-c3ccccc32)(C(=O)O)CC1. The number of rotatable bonds is 8. The molecule has 0 aliphatic heterocycles. The Balaban J connectivity index is 1.22. The predicted molar refractivity (Wildman–Crippen MR) is 128 cm³/mol. The Hall–Kier alpha value is -3.35. The fraction of sp³-hybridized carbons (Fsp3) is 0.444. The topological polar surface area (TPSA) is 105 Å². The number of carboxylic acids is 1. The molecule has 7 nitrogen and oxygen atoms in total. The zero-order valence-corrected chi connectivity index (χ0v) is 19.5. The molecule has 0 saturated heterocycles. The number of ether oxygens (including phenoxy) is 1. The average molecular weight is 465 g/mol. The Morgan fingerprint density at radius 2 is 1.56 bits per heavy atom. The fourth-order valence-electron chi connectivity index (χ4n) is 5.06. The van der Waals surface area contributed by atoms with Crippen LogP contribution in [0.25, 0.3) is 11.1 Å². The van der Waals surface area contributed by atoms with Crippen LogP contribution in [0.5, 0.6) is 0 Å². The van der Waals surface area contributed by atoms with Gasteiger partial charge in [0.2, 0.25) is 5.91 Å². The lowest BCUT2D eigenvalue weighted by atomic mass is 9.71. The van der Waals surface area contributed by atoms with Crippen LogP contribution >= 0.6 is 0 Å². The van der Waals surface area contributed by atoms with E-state index in [1.807, 2.05) is 24.3 Å². The normalized spacial score (nSPS) is 21.3.